The number of carbonyl (C=O) groups is 1. The molecule has 3 aromatic heterocycles. The number of aromatic nitrogens is 4. The van der Waals surface area contributed by atoms with Crippen molar-refractivity contribution >= 4 is 28.1 Å². The summed E-state index contributed by atoms with van der Waals surface area (Å²) in [5, 5.41) is 8.71. The van der Waals surface area contributed by atoms with Crippen molar-refractivity contribution < 1.29 is 9.53 Å². The molecule has 1 fully saturated rings. The summed E-state index contributed by atoms with van der Waals surface area (Å²) >= 11 is 0. The molecule has 0 aliphatic carbocycles. The van der Waals surface area contributed by atoms with E-state index in [0.29, 0.717) is 36.1 Å². The van der Waals surface area contributed by atoms with Gasteiger partial charge in [-0.05, 0) is 49.7 Å². The molecule has 0 radical (unpaired) electrons. The number of benzene rings is 1. The van der Waals surface area contributed by atoms with Crippen molar-refractivity contribution in [2.75, 3.05) is 51.7 Å². The second kappa shape index (κ2) is 13.3. The maximum absolute atomic E-state index is 13.4. The zero-order valence-electron chi connectivity index (χ0n) is 25.6. The monoisotopic (exact) mass is 582 g/mol. The zero-order chi connectivity index (χ0) is 30.5. The van der Waals surface area contributed by atoms with Gasteiger partial charge in [-0.2, -0.15) is 5.10 Å². The van der Waals surface area contributed by atoms with Gasteiger partial charge in [-0.1, -0.05) is 38.6 Å². The highest BCUT2D eigenvalue weighted by Crippen LogP contribution is 2.28. The van der Waals surface area contributed by atoms with Crippen LogP contribution >= 0.6 is 0 Å². The molecule has 3 N–H and O–H groups in total. The number of anilines is 1. The van der Waals surface area contributed by atoms with Gasteiger partial charge in [-0.15, -0.1) is 0 Å². The van der Waals surface area contributed by atoms with Crippen molar-refractivity contribution in [2.45, 2.75) is 27.3 Å². The summed E-state index contributed by atoms with van der Waals surface area (Å²) < 4.78 is 9.68. The number of ether oxygens (including phenoxy) is 1. The van der Waals surface area contributed by atoms with Crippen molar-refractivity contribution in [1.29, 1.82) is 0 Å². The highest BCUT2D eigenvalue weighted by atomic mass is 16.5. The molecule has 4 heterocycles. The molecule has 0 atom stereocenters. The van der Waals surface area contributed by atoms with Crippen LogP contribution in [-0.4, -0.2) is 81.3 Å². The van der Waals surface area contributed by atoms with E-state index in [-0.39, 0.29) is 5.91 Å². The van der Waals surface area contributed by atoms with Gasteiger partial charge in [0.15, 0.2) is 0 Å². The van der Waals surface area contributed by atoms with Crippen LogP contribution < -0.4 is 15.8 Å². The third-order valence-corrected chi connectivity index (χ3v) is 7.83. The predicted molar refractivity (Wildman–Crippen MR) is 172 cm³/mol. The van der Waals surface area contributed by atoms with E-state index in [1.807, 2.05) is 66.4 Å². The molecule has 0 spiro atoms. The van der Waals surface area contributed by atoms with Crippen LogP contribution in [0.2, 0.25) is 0 Å². The summed E-state index contributed by atoms with van der Waals surface area (Å²) in [4.78, 5) is 22.7. The molecule has 1 saturated heterocycles. The lowest BCUT2D eigenvalue weighted by Crippen LogP contribution is -2.45. The molecule has 0 unspecified atom stereocenters. The van der Waals surface area contributed by atoms with Crippen molar-refractivity contribution in [3.8, 4) is 5.75 Å². The van der Waals surface area contributed by atoms with Crippen LogP contribution in [0.25, 0.3) is 16.6 Å². The Labute approximate surface area is 253 Å². The number of hydrogen-bond donors (Lipinski definition) is 2. The Morgan fingerprint density at radius 1 is 1.21 bits per heavy atom. The second-order valence-electron chi connectivity index (χ2n) is 11.5. The second-order valence-corrected chi connectivity index (χ2v) is 11.5. The van der Waals surface area contributed by atoms with Crippen LogP contribution in [0.5, 0.6) is 5.75 Å². The number of fused-ring (bicyclic) bond motifs is 2. The molecule has 5 rings (SSSR count). The first kappa shape index (κ1) is 30.1. The van der Waals surface area contributed by atoms with Gasteiger partial charge in [0, 0.05) is 56.1 Å². The van der Waals surface area contributed by atoms with Crippen LogP contribution in [0.3, 0.4) is 0 Å². The molecule has 0 saturated carbocycles. The number of hydrogen-bond acceptors (Lipinski definition) is 7. The largest absolute Gasteiger partial charge is 0.492 e. The quantitative estimate of drug-likeness (QED) is 0.251. The number of nitrogens with two attached hydrogens (primary N) is 1. The van der Waals surface area contributed by atoms with Crippen molar-refractivity contribution in [3.63, 3.8) is 0 Å². The Kier molecular flexibility index (Phi) is 9.27. The summed E-state index contributed by atoms with van der Waals surface area (Å²) in [6, 6.07) is 9.55. The number of piperazine rings is 1. The van der Waals surface area contributed by atoms with Crippen molar-refractivity contribution in [1.82, 2.24) is 29.0 Å². The number of nitrogens with zero attached hydrogens (tertiary/aromatic N) is 6. The number of nitrogens with one attached hydrogen (secondary N) is 1. The van der Waals surface area contributed by atoms with E-state index in [1.54, 1.807) is 10.6 Å². The molecule has 226 valence electrons. The lowest BCUT2D eigenvalue weighted by molar-refractivity contribution is 0.102. The highest BCUT2D eigenvalue weighted by molar-refractivity contribution is 6.08. The molecular weight excluding hydrogens is 540 g/mol. The summed E-state index contributed by atoms with van der Waals surface area (Å²) in [7, 11) is 2.15. The maximum Gasteiger partial charge on any atom is 0.274 e. The van der Waals surface area contributed by atoms with E-state index in [4.69, 9.17) is 15.6 Å². The van der Waals surface area contributed by atoms with Crippen molar-refractivity contribution in [3.05, 3.63) is 90.2 Å². The Bertz CT molecular complexity index is 1670. The van der Waals surface area contributed by atoms with E-state index >= 15 is 0 Å². The Balaban J connectivity index is 1.25. The lowest BCUT2D eigenvalue weighted by Gasteiger charge is -2.32. The minimum Gasteiger partial charge on any atom is -0.492 e. The first-order valence-electron chi connectivity index (χ1n) is 14.8. The van der Waals surface area contributed by atoms with Crippen LogP contribution in [0.4, 0.5) is 5.69 Å². The Hall–Kier alpha value is -4.41. The molecule has 1 aromatic carbocycles. The topological polar surface area (TPSA) is 106 Å². The van der Waals surface area contributed by atoms with Crippen LogP contribution in [-0.2, 0) is 6.54 Å². The molecule has 10 heteroatoms. The zero-order valence-corrected chi connectivity index (χ0v) is 25.6. The number of pyridine rings is 1. The van der Waals surface area contributed by atoms with E-state index in [0.717, 1.165) is 66.3 Å². The normalized spacial score (nSPS) is 15.2. The third-order valence-electron chi connectivity index (χ3n) is 7.83. The Morgan fingerprint density at radius 2 is 2.00 bits per heavy atom. The summed E-state index contributed by atoms with van der Waals surface area (Å²) in [5.74, 6) is 0.777. The van der Waals surface area contributed by atoms with Crippen LogP contribution in [0.1, 0.15) is 30.0 Å². The maximum atomic E-state index is 13.4. The molecule has 1 aliphatic heterocycles. The summed E-state index contributed by atoms with van der Waals surface area (Å²) in [5.41, 5.74) is 11.3. The van der Waals surface area contributed by atoms with Gasteiger partial charge < -0.3 is 20.7 Å². The van der Waals surface area contributed by atoms with E-state index in [1.165, 1.54) is 0 Å². The average Bonchev–Trinajstić information content (AvgIpc) is 3.55. The van der Waals surface area contributed by atoms with E-state index in [9.17, 15) is 4.79 Å². The molecule has 1 aliphatic rings. The lowest BCUT2D eigenvalue weighted by atomic mass is 10.1. The summed E-state index contributed by atoms with van der Waals surface area (Å²) in [6.45, 7) is 16.5. The van der Waals surface area contributed by atoms with Gasteiger partial charge in [0.1, 0.15) is 23.7 Å². The standard InChI is InChI=1S/C33H42N8O2/c1-23(2)27(34)9-6-8-24(3)22-41-29-11-7-10-28(32(29)25(4)37-41)36-33(42)30-21-35-31-20-26(12-13-40(30)31)43-19-18-39-16-14-38(5)15-17-39/h6-13,20-21,23H,3,14-19,22,34H2,1-2,4-5H3,(H,36,42)/b8-6-,27-9-. The van der Waals surface area contributed by atoms with E-state index in [2.05, 4.69) is 47.6 Å². The van der Waals surface area contributed by atoms with Gasteiger partial charge in [0.2, 0.25) is 0 Å². The molecular formula is C33H42N8O2. The van der Waals surface area contributed by atoms with Crippen LogP contribution in [0, 0.1) is 12.8 Å². The number of rotatable bonds is 11. The number of carbonyl (C=O) groups excluding carboxylic acids is 1. The Morgan fingerprint density at radius 3 is 2.77 bits per heavy atom. The fraction of sp³-hybridized carbons (Fsp3) is 0.364. The molecule has 10 nitrogen and oxygen atoms in total. The van der Waals surface area contributed by atoms with Gasteiger partial charge >= 0.3 is 0 Å². The van der Waals surface area contributed by atoms with Gasteiger partial charge in [0.05, 0.1) is 29.6 Å². The van der Waals surface area contributed by atoms with E-state index < -0.39 is 0 Å². The number of amides is 1. The SMILES string of the molecule is C=C(/C=C\C=C(/N)C(C)C)Cn1nc(C)c2c(NC(=O)c3cnc4cc(OCCN5CCN(C)CC5)ccn34)cccc21. The number of allylic oxidation sites excluding steroid dienone is 5. The van der Waals surface area contributed by atoms with Crippen molar-refractivity contribution in [2.24, 2.45) is 11.7 Å². The summed E-state index contributed by atoms with van der Waals surface area (Å²) in [6.07, 6.45) is 9.18. The smallest absolute Gasteiger partial charge is 0.274 e. The van der Waals surface area contributed by atoms with Crippen LogP contribution in [0.15, 0.2) is 78.8 Å². The average molecular weight is 583 g/mol. The van der Waals surface area contributed by atoms with Gasteiger partial charge in [0.25, 0.3) is 5.91 Å². The number of aryl methyl sites for hydroxylation is 1. The van der Waals surface area contributed by atoms with Gasteiger partial charge in [-0.25, -0.2) is 4.98 Å². The molecule has 4 aromatic rings. The molecule has 43 heavy (non-hydrogen) atoms. The fourth-order valence-electron chi connectivity index (χ4n) is 5.15. The minimum absolute atomic E-state index is 0.252. The first-order chi connectivity index (χ1) is 20.7. The first-order valence-corrected chi connectivity index (χ1v) is 14.8. The third kappa shape index (κ3) is 7.15. The number of likely N-dealkylation sites (N-methyl/N-ethyl adjacent to an activating group) is 1. The predicted octanol–water partition coefficient (Wildman–Crippen LogP) is 4.48. The molecule has 1 amide bonds. The highest BCUT2D eigenvalue weighted by Gasteiger charge is 2.18. The number of imidazole rings is 1. The minimum atomic E-state index is -0.252. The molecule has 0 bridgehead atoms. The van der Waals surface area contributed by atoms with Gasteiger partial charge in [-0.3, -0.25) is 18.8 Å². The fourth-order valence-corrected chi connectivity index (χ4v) is 5.15.